The third-order valence-corrected chi connectivity index (χ3v) is 2.99. The largest absolute Gasteiger partial charge is 0.480 e. The van der Waals surface area contributed by atoms with Crippen LogP contribution in [-0.4, -0.2) is 20.5 Å². The highest BCUT2D eigenvalue weighted by Crippen LogP contribution is 2.35. The van der Waals surface area contributed by atoms with Crippen molar-refractivity contribution in [2.24, 2.45) is 0 Å². The number of rotatable bonds is 3. The van der Waals surface area contributed by atoms with Gasteiger partial charge in [-0.15, -0.1) is 0 Å². The molecule has 0 atom stereocenters. The average Bonchev–Trinajstić information content (AvgIpc) is 2.15. The number of ether oxygens (including phenoxy) is 1. The van der Waals surface area contributed by atoms with E-state index in [2.05, 4.69) is 9.72 Å². The molecule has 0 fully saturated rings. The van der Waals surface area contributed by atoms with E-state index in [9.17, 15) is 21.6 Å². The fourth-order valence-corrected chi connectivity index (χ4v) is 2.29. The van der Waals surface area contributed by atoms with Crippen LogP contribution in [0.1, 0.15) is 12.0 Å². The maximum atomic E-state index is 13.0. The molecule has 0 aliphatic rings. The van der Waals surface area contributed by atoms with Crippen molar-refractivity contribution in [2.75, 3.05) is 7.11 Å². The first kappa shape index (κ1) is 13.0. The molecular formula is C7H5ClF3NO3S. The molecule has 9 heteroatoms. The first-order valence-corrected chi connectivity index (χ1v) is 6.05. The van der Waals surface area contributed by atoms with Gasteiger partial charge in [-0.05, 0) is 0 Å². The van der Waals surface area contributed by atoms with E-state index in [1.165, 1.54) is 0 Å². The fourth-order valence-electron chi connectivity index (χ4n) is 1.05. The summed E-state index contributed by atoms with van der Waals surface area (Å²) in [6.45, 7) is 0. The van der Waals surface area contributed by atoms with E-state index >= 15 is 0 Å². The Morgan fingerprint density at radius 3 is 2.44 bits per heavy atom. The molecule has 90 valence electrons. The van der Waals surface area contributed by atoms with Crippen LogP contribution in [0.5, 0.6) is 5.88 Å². The lowest BCUT2D eigenvalue weighted by Gasteiger charge is -2.10. The number of alkyl halides is 2. The van der Waals surface area contributed by atoms with Gasteiger partial charge in [0.25, 0.3) is 15.5 Å². The molecule has 0 saturated carbocycles. The molecule has 16 heavy (non-hydrogen) atoms. The van der Waals surface area contributed by atoms with Crippen LogP contribution < -0.4 is 4.74 Å². The van der Waals surface area contributed by atoms with Crippen molar-refractivity contribution >= 4 is 19.7 Å². The van der Waals surface area contributed by atoms with Gasteiger partial charge in [-0.25, -0.2) is 26.6 Å². The molecule has 0 amide bonds. The highest BCUT2D eigenvalue weighted by Gasteiger charge is 2.30. The zero-order valence-electron chi connectivity index (χ0n) is 7.75. The van der Waals surface area contributed by atoms with Crippen molar-refractivity contribution in [1.29, 1.82) is 0 Å². The molecule has 0 spiro atoms. The fraction of sp³-hybridized carbons (Fsp3) is 0.286. The first-order valence-electron chi connectivity index (χ1n) is 3.74. The summed E-state index contributed by atoms with van der Waals surface area (Å²) in [5.41, 5.74) is -1.35. The van der Waals surface area contributed by atoms with Crippen molar-refractivity contribution in [3.8, 4) is 5.88 Å². The van der Waals surface area contributed by atoms with Crippen molar-refractivity contribution in [2.45, 2.75) is 11.3 Å². The maximum Gasteiger partial charge on any atom is 0.268 e. The Labute approximate surface area is 93.4 Å². The Bertz CT molecular complexity index is 506. The summed E-state index contributed by atoms with van der Waals surface area (Å²) < 4.78 is 64.5. The van der Waals surface area contributed by atoms with Gasteiger partial charge in [0.1, 0.15) is 0 Å². The van der Waals surface area contributed by atoms with Crippen molar-refractivity contribution in [3.63, 3.8) is 0 Å². The molecule has 4 nitrogen and oxygen atoms in total. The van der Waals surface area contributed by atoms with Gasteiger partial charge in [0, 0.05) is 10.7 Å². The molecule has 1 rings (SSSR count). The zero-order valence-corrected chi connectivity index (χ0v) is 9.32. The molecule has 0 radical (unpaired) electrons. The number of halogens is 4. The summed E-state index contributed by atoms with van der Waals surface area (Å²) >= 11 is 0. The van der Waals surface area contributed by atoms with Crippen LogP contribution in [0.2, 0.25) is 0 Å². The molecule has 0 aromatic carbocycles. The van der Waals surface area contributed by atoms with E-state index < -0.39 is 37.6 Å². The molecule has 0 aliphatic heterocycles. The van der Waals surface area contributed by atoms with Gasteiger partial charge in [-0.1, -0.05) is 0 Å². The maximum absolute atomic E-state index is 13.0. The topological polar surface area (TPSA) is 56.3 Å². The molecule has 1 aromatic heterocycles. The molecular weight excluding hydrogens is 271 g/mol. The normalized spacial score (nSPS) is 11.9. The van der Waals surface area contributed by atoms with E-state index in [4.69, 9.17) is 10.7 Å². The van der Waals surface area contributed by atoms with Crippen molar-refractivity contribution in [3.05, 3.63) is 17.6 Å². The molecule has 0 saturated heterocycles. The molecule has 0 N–H and O–H groups in total. The van der Waals surface area contributed by atoms with Crippen LogP contribution in [0.15, 0.2) is 11.1 Å². The Kier molecular flexibility index (Phi) is 3.64. The summed E-state index contributed by atoms with van der Waals surface area (Å²) in [7, 11) is 1.34. The lowest BCUT2D eigenvalue weighted by atomic mass is 10.2. The van der Waals surface area contributed by atoms with Crippen LogP contribution in [0, 0.1) is 5.82 Å². The summed E-state index contributed by atoms with van der Waals surface area (Å²) in [6.07, 6.45) is -2.91. The summed E-state index contributed by atoms with van der Waals surface area (Å²) in [4.78, 5) is 2.07. The predicted molar refractivity (Wildman–Crippen MR) is 48.7 cm³/mol. The minimum atomic E-state index is -4.58. The second-order valence-electron chi connectivity index (χ2n) is 2.60. The van der Waals surface area contributed by atoms with Crippen molar-refractivity contribution in [1.82, 2.24) is 4.98 Å². The smallest absolute Gasteiger partial charge is 0.268 e. The van der Waals surface area contributed by atoms with Crippen LogP contribution >= 0.6 is 10.7 Å². The van der Waals surface area contributed by atoms with Crippen LogP contribution in [-0.2, 0) is 9.05 Å². The molecule has 0 aliphatic carbocycles. The summed E-state index contributed by atoms with van der Waals surface area (Å²) in [6, 6.07) is 0. The van der Waals surface area contributed by atoms with Gasteiger partial charge in [0.15, 0.2) is 10.7 Å². The third-order valence-electron chi connectivity index (χ3n) is 1.65. The minimum absolute atomic E-state index is 0.436. The number of hydrogen-bond donors (Lipinski definition) is 0. The quantitative estimate of drug-likeness (QED) is 0.793. The Morgan fingerprint density at radius 1 is 1.50 bits per heavy atom. The lowest BCUT2D eigenvalue weighted by molar-refractivity contribution is 0.141. The van der Waals surface area contributed by atoms with Gasteiger partial charge < -0.3 is 4.74 Å². The average molecular weight is 276 g/mol. The molecule has 0 bridgehead atoms. The Morgan fingerprint density at radius 2 is 2.06 bits per heavy atom. The SMILES string of the molecule is COc1ncc(F)c(C(F)F)c1S(=O)(=O)Cl. The van der Waals surface area contributed by atoms with E-state index in [1.54, 1.807) is 0 Å². The summed E-state index contributed by atoms with van der Waals surface area (Å²) in [5.74, 6) is -2.14. The lowest BCUT2D eigenvalue weighted by Crippen LogP contribution is -2.07. The minimum Gasteiger partial charge on any atom is -0.480 e. The molecule has 1 aromatic rings. The van der Waals surface area contributed by atoms with E-state index in [-0.39, 0.29) is 0 Å². The van der Waals surface area contributed by atoms with Gasteiger partial charge in [0.2, 0.25) is 5.88 Å². The molecule has 1 heterocycles. The van der Waals surface area contributed by atoms with E-state index in [0.717, 1.165) is 7.11 Å². The summed E-state index contributed by atoms with van der Waals surface area (Å²) in [5, 5.41) is 0. The highest BCUT2D eigenvalue weighted by molar-refractivity contribution is 8.13. The Balaban J connectivity index is 3.70. The van der Waals surface area contributed by atoms with Crippen LogP contribution in [0.3, 0.4) is 0 Å². The van der Waals surface area contributed by atoms with E-state index in [1.807, 2.05) is 0 Å². The monoisotopic (exact) mass is 275 g/mol. The number of methoxy groups -OCH3 is 1. The van der Waals surface area contributed by atoms with Gasteiger partial charge in [0.05, 0.1) is 18.9 Å². The van der Waals surface area contributed by atoms with Crippen LogP contribution in [0.4, 0.5) is 13.2 Å². The van der Waals surface area contributed by atoms with E-state index in [0.29, 0.717) is 6.20 Å². The second kappa shape index (κ2) is 4.46. The zero-order chi connectivity index (χ0) is 12.5. The van der Waals surface area contributed by atoms with Gasteiger partial charge >= 0.3 is 0 Å². The van der Waals surface area contributed by atoms with Crippen molar-refractivity contribution < 1.29 is 26.3 Å². The Hall–Kier alpha value is -1.02. The van der Waals surface area contributed by atoms with Crippen LogP contribution in [0.25, 0.3) is 0 Å². The molecule has 0 unspecified atom stereocenters. The predicted octanol–water partition coefficient (Wildman–Crippen LogP) is 2.09. The number of pyridine rings is 1. The second-order valence-corrected chi connectivity index (χ2v) is 5.10. The standard InChI is InChI=1S/C7H5ClF3NO3S/c1-15-7-5(16(8,13)14)4(6(10)11)3(9)2-12-7/h2,6H,1H3. The number of nitrogens with zero attached hydrogens (tertiary/aromatic N) is 1. The first-order chi connectivity index (χ1) is 7.29. The number of hydrogen-bond acceptors (Lipinski definition) is 4. The number of aromatic nitrogens is 1. The van der Waals surface area contributed by atoms with Gasteiger partial charge in [-0.3, -0.25) is 0 Å². The third kappa shape index (κ3) is 2.38. The highest BCUT2D eigenvalue weighted by atomic mass is 35.7. The van der Waals surface area contributed by atoms with Gasteiger partial charge in [-0.2, -0.15) is 0 Å².